The third kappa shape index (κ3) is 2.11. The lowest BCUT2D eigenvalue weighted by Gasteiger charge is -2.20. The molecule has 2 rings (SSSR count). The van der Waals surface area contributed by atoms with Gasteiger partial charge in [0.25, 0.3) is 5.69 Å². The predicted molar refractivity (Wildman–Crippen MR) is 81.2 cm³/mol. The van der Waals surface area contributed by atoms with Crippen LogP contribution in [0.1, 0.15) is 18.2 Å². The van der Waals surface area contributed by atoms with Gasteiger partial charge in [-0.2, -0.15) is 0 Å². The van der Waals surface area contributed by atoms with Gasteiger partial charge >= 0.3 is 5.97 Å². The quantitative estimate of drug-likeness (QED) is 0.648. The Labute approximate surface area is 128 Å². The zero-order chi connectivity index (χ0) is 16.1. The van der Waals surface area contributed by atoms with Gasteiger partial charge in [0.15, 0.2) is 0 Å². The van der Waals surface area contributed by atoms with Crippen molar-refractivity contribution in [3.05, 3.63) is 38.0 Å². The van der Waals surface area contributed by atoms with Gasteiger partial charge in [0.05, 0.1) is 15.8 Å². The number of rotatable bonds is 3. The minimum Gasteiger partial charge on any atom is -0.480 e. The van der Waals surface area contributed by atoms with Crippen LogP contribution in [0.25, 0.3) is 10.9 Å². The number of nitro benzene ring substituents is 1. The predicted octanol–water partition coefficient (Wildman–Crippen LogP) is 2.42. The van der Waals surface area contributed by atoms with Crippen molar-refractivity contribution in [1.29, 1.82) is 0 Å². The summed E-state index contributed by atoms with van der Waals surface area (Å²) < 4.78 is 2.34. The van der Waals surface area contributed by atoms with E-state index in [1.807, 2.05) is 0 Å². The molecule has 8 heteroatoms. The monoisotopic (exact) mass is 355 g/mol. The molecule has 0 spiro atoms. The molecule has 0 bridgehead atoms. The number of fused-ring (bicyclic) bond motifs is 1. The summed E-state index contributed by atoms with van der Waals surface area (Å²) in [7, 11) is 1.72. The van der Waals surface area contributed by atoms with Crippen molar-refractivity contribution in [3.63, 3.8) is 0 Å². The number of nitro groups is 1. The summed E-state index contributed by atoms with van der Waals surface area (Å²) in [6.45, 7) is 3.03. The van der Waals surface area contributed by atoms with Crippen LogP contribution in [0.3, 0.4) is 0 Å². The summed E-state index contributed by atoms with van der Waals surface area (Å²) in [5, 5.41) is 20.9. The number of hydrogen-bond acceptors (Lipinski definition) is 4. The van der Waals surface area contributed by atoms with E-state index in [9.17, 15) is 20.0 Å². The average molecular weight is 356 g/mol. The number of carboxylic acid groups (broad SMARTS) is 1. The molecule has 0 fully saturated rings. The number of aromatic nitrogens is 1. The molecule has 0 saturated heterocycles. The molecule has 0 aliphatic rings. The first kappa shape index (κ1) is 15.5. The Hall–Kier alpha value is -1.93. The summed E-state index contributed by atoms with van der Waals surface area (Å²) in [5.74, 6) is -1.24. The van der Waals surface area contributed by atoms with E-state index in [1.54, 1.807) is 24.6 Å². The Balaban J connectivity index is 3.08. The zero-order valence-electron chi connectivity index (χ0n) is 11.7. The van der Waals surface area contributed by atoms with Crippen LogP contribution in [0.2, 0.25) is 0 Å². The van der Waals surface area contributed by atoms with Crippen LogP contribution in [-0.2, 0) is 17.4 Å². The topological polar surface area (TPSA) is 111 Å². The number of non-ortho nitro benzene ring substituents is 1. The molecular formula is C13H14BrN3O4. The largest absolute Gasteiger partial charge is 0.480 e. The number of carbonyl (C=O) groups is 1. The van der Waals surface area contributed by atoms with Gasteiger partial charge in [0.2, 0.25) is 0 Å². The van der Waals surface area contributed by atoms with Crippen LogP contribution in [0, 0.1) is 17.0 Å². The van der Waals surface area contributed by atoms with Crippen LogP contribution < -0.4 is 5.73 Å². The minimum atomic E-state index is -1.73. The fourth-order valence-corrected chi connectivity index (χ4v) is 3.14. The number of hydrogen-bond donors (Lipinski definition) is 2. The third-order valence-electron chi connectivity index (χ3n) is 3.72. The first-order valence-electron chi connectivity index (χ1n) is 6.05. The van der Waals surface area contributed by atoms with E-state index < -0.39 is 16.4 Å². The van der Waals surface area contributed by atoms with Gasteiger partial charge < -0.3 is 15.4 Å². The van der Waals surface area contributed by atoms with Gasteiger partial charge in [0, 0.05) is 28.8 Å². The highest BCUT2D eigenvalue weighted by Crippen LogP contribution is 2.41. The lowest BCUT2D eigenvalue weighted by Crippen LogP contribution is -2.42. The van der Waals surface area contributed by atoms with Gasteiger partial charge in [-0.15, -0.1) is 0 Å². The maximum absolute atomic E-state index is 11.5. The van der Waals surface area contributed by atoms with Gasteiger partial charge in [-0.1, -0.05) is 0 Å². The van der Waals surface area contributed by atoms with Crippen LogP contribution in [0.4, 0.5) is 5.69 Å². The van der Waals surface area contributed by atoms with Crippen molar-refractivity contribution >= 4 is 38.5 Å². The number of halogens is 1. The molecule has 0 amide bonds. The molecule has 1 heterocycles. The van der Waals surface area contributed by atoms with Gasteiger partial charge in [-0.3, -0.25) is 10.1 Å². The summed E-state index contributed by atoms with van der Waals surface area (Å²) in [6, 6.07) is 2.91. The van der Waals surface area contributed by atoms with Gasteiger partial charge in [-0.05, 0) is 35.8 Å². The Morgan fingerprint density at radius 2 is 2.10 bits per heavy atom. The molecule has 1 atom stereocenters. The summed E-state index contributed by atoms with van der Waals surface area (Å²) in [5.41, 5.74) is 5.42. The summed E-state index contributed by atoms with van der Waals surface area (Å²) in [4.78, 5) is 22.2. The number of nitrogens with zero attached hydrogens (tertiary/aromatic N) is 2. The molecular weight excluding hydrogens is 342 g/mol. The van der Waals surface area contributed by atoms with E-state index in [1.165, 1.54) is 13.0 Å². The highest BCUT2D eigenvalue weighted by molar-refractivity contribution is 9.10. The first-order chi connectivity index (χ1) is 9.60. The molecule has 7 nitrogen and oxygen atoms in total. The number of nitrogens with two attached hydrogens (primary N) is 1. The maximum atomic E-state index is 11.5. The van der Waals surface area contributed by atoms with Crippen LogP contribution in [0.5, 0.6) is 0 Å². The second-order valence-corrected chi connectivity index (χ2v) is 5.93. The number of benzene rings is 1. The third-order valence-corrected chi connectivity index (χ3v) is 4.36. The SMILES string of the molecule is Cc1c(C(C)(N)C(=O)O)c2c([N+](=O)[O-])ccc(Br)c2n1C. The molecule has 0 aliphatic carbocycles. The average Bonchev–Trinajstić information content (AvgIpc) is 2.63. The van der Waals surface area contributed by atoms with Crippen molar-refractivity contribution < 1.29 is 14.8 Å². The molecule has 0 radical (unpaired) electrons. The van der Waals surface area contributed by atoms with E-state index >= 15 is 0 Å². The summed E-state index contributed by atoms with van der Waals surface area (Å²) >= 11 is 3.35. The molecule has 1 aromatic heterocycles. The summed E-state index contributed by atoms with van der Waals surface area (Å²) in [6.07, 6.45) is 0. The Bertz CT molecular complexity index is 780. The molecule has 3 N–H and O–H groups in total. The Morgan fingerprint density at radius 1 is 1.52 bits per heavy atom. The molecule has 112 valence electrons. The number of carboxylic acids is 1. The molecule has 2 aromatic rings. The van der Waals surface area contributed by atoms with Gasteiger partial charge in [0.1, 0.15) is 5.54 Å². The van der Waals surface area contributed by atoms with E-state index in [2.05, 4.69) is 15.9 Å². The molecule has 0 saturated carbocycles. The second kappa shape index (κ2) is 4.81. The van der Waals surface area contributed by atoms with Crippen LogP contribution in [-0.4, -0.2) is 20.6 Å². The van der Waals surface area contributed by atoms with E-state index in [0.29, 0.717) is 15.7 Å². The lowest BCUT2D eigenvalue weighted by atomic mass is 9.90. The highest BCUT2D eigenvalue weighted by Gasteiger charge is 2.38. The van der Waals surface area contributed by atoms with Crippen LogP contribution in [0.15, 0.2) is 16.6 Å². The molecule has 21 heavy (non-hydrogen) atoms. The van der Waals surface area contributed by atoms with E-state index in [-0.39, 0.29) is 16.6 Å². The second-order valence-electron chi connectivity index (χ2n) is 5.07. The standard InChI is InChI=1S/C13H14BrN3O4/c1-6-10(13(2,15)12(18)19)9-8(17(20)21)5-4-7(14)11(9)16(6)3/h4-5H,15H2,1-3H3,(H,18,19). The lowest BCUT2D eigenvalue weighted by molar-refractivity contribution is -0.383. The first-order valence-corrected chi connectivity index (χ1v) is 6.84. The molecule has 1 aromatic carbocycles. The van der Waals surface area contributed by atoms with E-state index in [0.717, 1.165) is 0 Å². The molecule has 1 unspecified atom stereocenters. The zero-order valence-corrected chi connectivity index (χ0v) is 13.3. The normalized spacial score (nSPS) is 14.1. The van der Waals surface area contributed by atoms with Crippen LogP contribution >= 0.6 is 15.9 Å². The van der Waals surface area contributed by atoms with E-state index in [4.69, 9.17) is 5.73 Å². The van der Waals surface area contributed by atoms with Gasteiger partial charge in [-0.25, -0.2) is 4.79 Å². The Kier molecular flexibility index (Phi) is 3.54. The van der Waals surface area contributed by atoms with Crippen molar-refractivity contribution in [3.8, 4) is 0 Å². The van der Waals surface area contributed by atoms with Crippen molar-refractivity contribution in [1.82, 2.24) is 4.57 Å². The number of aryl methyl sites for hydroxylation is 1. The Morgan fingerprint density at radius 3 is 2.57 bits per heavy atom. The minimum absolute atomic E-state index is 0.162. The van der Waals surface area contributed by atoms with Crippen molar-refractivity contribution in [2.75, 3.05) is 0 Å². The molecule has 0 aliphatic heterocycles. The smallest absolute Gasteiger partial charge is 0.328 e. The number of aliphatic carboxylic acids is 1. The fourth-order valence-electron chi connectivity index (χ4n) is 2.54. The highest BCUT2D eigenvalue weighted by atomic mass is 79.9. The van der Waals surface area contributed by atoms with Crippen molar-refractivity contribution in [2.45, 2.75) is 19.4 Å². The van der Waals surface area contributed by atoms with Crippen molar-refractivity contribution in [2.24, 2.45) is 12.8 Å². The fraction of sp³-hybridized carbons (Fsp3) is 0.308. The maximum Gasteiger partial charge on any atom is 0.328 e.